The van der Waals surface area contributed by atoms with Crippen molar-refractivity contribution in [3.05, 3.63) is 0 Å². The van der Waals surface area contributed by atoms with Gasteiger partial charge in [-0.05, 0) is 12.8 Å². The molecule has 0 aliphatic heterocycles. The van der Waals surface area contributed by atoms with E-state index < -0.39 is 10.1 Å². The van der Waals surface area contributed by atoms with Gasteiger partial charge in [0, 0.05) is 12.2 Å². The van der Waals surface area contributed by atoms with E-state index in [2.05, 4.69) is 21.0 Å². The lowest BCUT2D eigenvalue weighted by Gasteiger charge is -2.30. The lowest BCUT2D eigenvalue weighted by molar-refractivity contribution is -0.890. The molecule has 5 heteroatoms. The van der Waals surface area contributed by atoms with Crippen molar-refractivity contribution >= 4 is 10.1 Å². The van der Waals surface area contributed by atoms with E-state index in [9.17, 15) is 13.0 Å². The van der Waals surface area contributed by atoms with Gasteiger partial charge in [0.25, 0.3) is 0 Å². The van der Waals surface area contributed by atoms with Crippen molar-refractivity contribution in [3.8, 4) is 0 Å². The summed E-state index contributed by atoms with van der Waals surface area (Å²) in [4.78, 5) is 0. The van der Waals surface area contributed by atoms with E-state index in [-0.39, 0.29) is 5.75 Å². The molecule has 37 heavy (non-hydrogen) atoms. The zero-order valence-corrected chi connectivity index (χ0v) is 26.4. The highest BCUT2D eigenvalue weighted by atomic mass is 32.2. The molecule has 0 aromatic heterocycles. The summed E-state index contributed by atoms with van der Waals surface area (Å²) in [5.74, 6) is -0.228. The lowest BCUT2D eigenvalue weighted by atomic mass is 10.0. The van der Waals surface area contributed by atoms with Gasteiger partial charge in [-0.25, -0.2) is 8.42 Å². The van der Waals surface area contributed by atoms with Gasteiger partial charge >= 0.3 is 0 Å². The third-order valence-corrected chi connectivity index (χ3v) is 8.81. The molecule has 4 nitrogen and oxygen atoms in total. The van der Waals surface area contributed by atoms with E-state index in [0.717, 1.165) is 17.6 Å². The first-order valence-electron chi connectivity index (χ1n) is 16.5. The minimum atomic E-state index is -4.06. The second-order valence-corrected chi connectivity index (χ2v) is 14.0. The molecular weight excluding hydrogens is 478 g/mol. The van der Waals surface area contributed by atoms with Gasteiger partial charge in [0.05, 0.1) is 37.3 Å². The van der Waals surface area contributed by atoms with Crippen molar-refractivity contribution in [1.82, 2.24) is 0 Å². The fourth-order valence-electron chi connectivity index (χ4n) is 5.46. The van der Waals surface area contributed by atoms with Crippen LogP contribution in [-0.2, 0) is 10.1 Å². The van der Waals surface area contributed by atoms with Gasteiger partial charge in [0.2, 0.25) is 0 Å². The van der Waals surface area contributed by atoms with Crippen LogP contribution >= 0.6 is 0 Å². The lowest BCUT2D eigenvalue weighted by Crippen LogP contribution is -2.41. The quantitative estimate of drug-likeness (QED) is 0.0512. The monoisotopic (exact) mass is 545 g/mol. The second-order valence-electron chi connectivity index (χ2n) is 12.5. The van der Waals surface area contributed by atoms with E-state index in [0.29, 0.717) is 6.42 Å². The van der Waals surface area contributed by atoms with Crippen molar-refractivity contribution in [2.75, 3.05) is 32.9 Å². The Morgan fingerprint density at radius 3 is 0.946 bits per heavy atom. The predicted molar refractivity (Wildman–Crippen MR) is 162 cm³/mol. The molecule has 0 saturated heterocycles. The molecule has 0 spiro atoms. The summed E-state index contributed by atoms with van der Waals surface area (Å²) < 4.78 is 33.0. The maximum Gasteiger partial charge on any atom is 0.0948 e. The molecule has 0 aliphatic rings. The minimum Gasteiger partial charge on any atom is -0.748 e. The predicted octanol–water partition coefficient (Wildman–Crippen LogP) is 9.77. The molecule has 224 valence electrons. The standard InChI is InChI=1S/C32H67NO3S/c1-4-5-6-7-8-9-10-11-12-13-14-15-16-17-18-19-20-21-22-23-24-25-26-27-28-30-33(2,3)31-29-32-37(34,35)36/h4-32H2,1-3H3. The zero-order valence-electron chi connectivity index (χ0n) is 25.6. The van der Waals surface area contributed by atoms with Gasteiger partial charge in [-0.3, -0.25) is 0 Å². The van der Waals surface area contributed by atoms with E-state index in [1.54, 1.807) is 0 Å². The fourth-order valence-corrected chi connectivity index (χ4v) is 5.94. The average Bonchev–Trinajstić information content (AvgIpc) is 2.83. The number of rotatable bonds is 30. The van der Waals surface area contributed by atoms with Crippen LogP contribution in [0.4, 0.5) is 0 Å². The largest absolute Gasteiger partial charge is 0.748 e. The Balaban J connectivity index is 3.20. The van der Waals surface area contributed by atoms with Crippen molar-refractivity contribution in [2.45, 2.75) is 174 Å². The van der Waals surface area contributed by atoms with Crippen LogP contribution in [0.1, 0.15) is 174 Å². The number of quaternary nitrogens is 1. The van der Waals surface area contributed by atoms with Crippen LogP contribution in [-0.4, -0.2) is 50.4 Å². The summed E-state index contributed by atoms with van der Waals surface area (Å²) in [6, 6.07) is 0. The van der Waals surface area contributed by atoms with E-state index in [1.165, 1.54) is 161 Å². The summed E-state index contributed by atoms with van der Waals surface area (Å²) in [7, 11) is 0.207. The first-order valence-corrected chi connectivity index (χ1v) is 18.1. The maximum atomic E-state index is 10.7. The molecular formula is C32H67NO3S. The molecule has 0 bridgehead atoms. The topological polar surface area (TPSA) is 57.2 Å². The Bertz CT molecular complexity index is 562. The summed E-state index contributed by atoms with van der Waals surface area (Å²) in [5.41, 5.74) is 0. The Morgan fingerprint density at radius 2 is 0.676 bits per heavy atom. The van der Waals surface area contributed by atoms with E-state index in [1.807, 2.05) is 0 Å². The van der Waals surface area contributed by atoms with Crippen LogP contribution in [0.25, 0.3) is 0 Å². The molecule has 0 N–H and O–H groups in total. The van der Waals surface area contributed by atoms with Gasteiger partial charge in [-0.15, -0.1) is 0 Å². The smallest absolute Gasteiger partial charge is 0.0948 e. The molecule has 0 aromatic rings. The molecule has 0 rings (SSSR count). The van der Waals surface area contributed by atoms with Crippen LogP contribution in [0.15, 0.2) is 0 Å². The van der Waals surface area contributed by atoms with Gasteiger partial charge in [-0.1, -0.05) is 155 Å². The molecule has 0 amide bonds. The Morgan fingerprint density at radius 1 is 0.432 bits per heavy atom. The van der Waals surface area contributed by atoms with Crippen LogP contribution in [0.5, 0.6) is 0 Å². The van der Waals surface area contributed by atoms with Crippen LogP contribution in [0, 0.1) is 0 Å². The molecule has 0 aliphatic carbocycles. The van der Waals surface area contributed by atoms with E-state index in [4.69, 9.17) is 0 Å². The SMILES string of the molecule is CCCCCCCCCCCCCCCCCCCCCCCCCCC[N+](C)(C)CCCS(=O)(=O)[O-]. The Hall–Kier alpha value is -0.130. The zero-order chi connectivity index (χ0) is 27.5. The van der Waals surface area contributed by atoms with E-state index >= 15 is 0 Å². The number of hydrogen-bond donors (Lipinski definition) is 0. The highest BCUT2D eigenvalue weighted by Crippen LogP contribution is 2.16. The van der Waals surface area contributed by atoms with Gasteiger partial charge in [0.15, 0.2) is 0 Å². The fraction of sp³-hybridized carbons (Fsp3) is 1.00. The third-order valence-electron chi connectivity index (χ3n) is 8.02. The Labute approximate surface area is 234 Å². The summed E-state index contributed by atoms with van der Waals surface area (Å²) in [6.07, 6.45) is 35.8. The van der Waals surface area contributed by atoms with Crippen molar-refractivity contribution in [2.24, 2.45) is 0 Å². The van der Waals surface area contributed by atoms with Crippen molar-refractivity contribution in [1.29, 1.82) is 0 Å². The number of nitrogens with zero attached hydrogens (tertiary/aromatic N) is 1. The highest BCUT2D eigenvalue weighted by Gasteiger charge is 2.14. The molecule has 0 fully saturated rings. The average molecular weight is 546 g/mol. The normalized spacial score (nSPS) is 12.4. The van der Waals surface area contributed by atoms with Crippen LogP contribution in [0.3, 0.4) is 0 Å². The van der Waals surface area contributed by atoms with Crippen LogP contribution < -0.4 is 0 Å². The highest BCUT2D eigenvalue weighted by molar-refractivity contribution is 7.85. The molecule has 0 radical (unpaired) electrons. The molecule has 0 heterocycles. The summed E-state index contributed by atoms with van der Waals surface area (Å²) >= 11 is 0. The first kappa shape index (κ1) is 36.9. The van der Waals surface area contributed by atoms with Crippen molar-refractivity contribution in [3.63, 3.8) is 0 Å². The summed E-state index contributed by atoms with van der Waals surface area (Å²) in [5, 5.41) is 0. The molecule has 0 aromatic carbocycles. The van der Waals surface area contributed by atoms with Gasteiger partial charge < -0.3 is 9.04 Å². The minimum absolute atomic E-state index is 0.228. The number of hydrogen-bond acceptors (Lipinski definition) is 3. The van der Waals surface area contributed by atoms with Crippen LogP contribution in [0.2, 0.25) is 0 Å². The first-order chi connectivity index (χ1) is 17.8. The second kappa shape index (κ2) is 26.1. The third kappa shape index (κ3) is 32.0. The number of unbranched alkanes of at least 4 members (excludes halogenated alkanes) is 24. The maximum absolute atomic E-state index is 10.7. The molecule has 0 saturated carbocycles. The molecule has 0 unspecified atom stereocenters. The van der Waals surface area contributed by atoms with Gasteiger partial charge in [-0.2, -0.15) is 0 Å². The Kier molecular flexibility index (Phi) is 26.0. The van der Waals surface area contributed by atoms with Gasteiger partial charge in [0.1, 0.15) is 0 Å². The van der Waals surface area contributed by atoms with Crippen molar-refractivity contribution < 1.29 is 17.5 Å². The summed E-state index contributed by atoms with van der Waals surface area (Å²) in [6.45, 7) is 4.13. The molecule has 0 atom stereocenters.